The summed E-state index contributed by atoms with van der Waals surface area (Å²) in [6, 6.07) is 9.86. The number of nitrogens with one attached hydrogen (secondary N) is 1. The van der Waals surface area contributed by atoms with Gasteiger partial charge in [-0.15, -0.1) is 0 Å². The number of amides is 1. The summed E-state index contributed by atoms with van der Waals surface area (Å²) in [5.74, 6) is 0.245. The summed E-state index contributed by atoms with van der Waals surface area (Å²) in [5, 5.41) is 13.8. The number of halogens is 1. The lowest BCUT2D eigenvalue weighted by molar-refractivity contribution is -0.385. The number of fused-ring (bicyclic) bond motifs is 1. The van der Waals surface area contributed by atoms with Crippen molar-refractivity contribution in [2.45, 2.75) is 13.2 Å². The second-order valence-electron chi connectivity index (χ2n) is 5.12. The molecule has 0 spiro atoms. The van der Waals surface area contributed by atoms with E-state index < -0.39 is 4.92 Å². The molecule has 1 N–H and O–H groups in total. The van der Waals surface area contributed by atoms with Crippen LogP contribution in [0.25, 0.3) is 0 Å². The third-order valence-corrected chi connectivity index (χ3v) is 4.23. The maximum Gasteiger partial charge on any atom is 0.270 e. The average molecular weight is 393 g/mol. The van der Waals surface area contributed by atoms with Crippen molar-refractivity contribution in [1.29, 1.82) is 0 Å². The van der Waals surface area contributed by atoms with Crippen LogP contribution in [-0.2, 0) is 17.9 Å². The first kappa shape index (κ1) is 16.4. The number of non-ortho nitro benzene ring substituents is 1. The molecule has 124 valence electrons. The molecule has 0 atom stereocenters. The number of nitro benzene ring substituents is 1. The lowest BCUT2D eigenvalue weighted by atomic mass is 10.1. The molecule has 24 heavy (non-hydrogen) atoms. The van der Waals surface area contributed by atoms with Crippen molar-refractivity contribution in [3.05, 3.63) is 67.7 Å². The fraction of sp³-hybridized carbons (Fsp3) is 0.188. The first-order chi connectivity index (χ1) is 11.6. The molecule has 1 aliphatic heterocycles. The van der Waals surface area contributed by atoms with Crippen LogP contribution < -0.4 is 10.1 Å². The number of nitro groups is 1. The van der Waals surface area contributed by atoms with Gasteiger partial charge in [0, 0.05) is 34.3 Å². The zero-order valence-electron chi connectivity index (χ0n) is 12.5. The van der Waals surface area contributed by atoms with Gasteiger partial charge >= 0.3 is 0 Å². The average Bonchev–Trinajstić information content (AvgIpc) is 2.59. The molecule has 0 unspecified atom stereocenters. The van der Waals surface area contributed by atoms with E-state index in [1.54, 1.807) is 18.2 Å². The van der Waals surface area contributed by atoms with Crippen LogP contribution in [0.15, 0.2) is 40.9 Å². The lowest BCUT2D eigenvalue weighted by Crippen LogP contribution is -2.24. The quantitative estimate of drug-likeness (QED) is 0.637. The minimum Gasteiger partial charge on any atom is -0.467 e. The van der Waals surface area contributed by atoms with Crippen molar-refractivity contribution in [1.82, 2.24) is 5.32 Å². The highest BCUT2D eigenvalue weighted by Crippen LogP contribution is 2.32. The number of rotatable bonds is 4. The van der Waals surface area contributed by atoms with Gasteiger partial charge in [0.2, 0.25) is 0 Å². The highest BCUT2D eigenvalue weighted by atomic mass is 79.9. The number of carbonyl (C=O) groups excluding carboxylic acids is 1. The zero-order chi connectivity index (χ0) is 17.1. The second kappa shape index (κ2) is 6.98. The van der Waals surface area contributed by atoms with Crippen LogP contribution in [0.3, 0.4) is 0 Å². The Bertz CT molecular complexity index is 809. The fourth-order valence-electron chi connectivity index (χ4n) is 2.43. The van der Waals surface area contributed by atoms with Gasteiger partial charge in [-0.25, -0.2) is 0 Å². The summed E-state index contributed by atoms with van der Waals surface area (Å²) in [6.07, 6.45) is 0. The van der Waals surface area contributed by atoms with Gasteiger partial charge < -0.3 is 14.8 Å². The van der Waals surface area contributed by atoms with Crippen LogP contribution in [0.5, 0.6) is 5.75 Å². The van der Waals surface area contributed by atoms with E-state index >= 15 is 0 Å². The predicted octanol–water partition coefficient (Wildman–Crippen LogP) is 3.15. The van der Waals surface area contributed by atoms with E-state index in [-0.39, 0.29) is 31.5 Å². The highest BCUT2D eigenvalue weighted by Gasteiger charge is 2.21. The van der Waals surface area contributed by atoms with Crippen molar-refractivity contribution in [2.24, 2.45) is 0 Å². The monoisotopic (exact) mass is 392 g/mol. The summed E-state index contributed by atoms with van der Waals surface area (Å²) in [5.41, 5.74) is 1.57. The topological polar surface area (TPSA) is 90.7 Å². The van der Waals surface area contributed by atoms with Crippen molar-refractivity contribution in [2.75, 3.05) is 6.79 Å². The molecule has 0 saturated heterocycles. The number of nitrogens with zero attached hydrogens (tertiary/aromatic N) is 1. The molecule has 2 aromatic carbocycles. The SMILES string of the molecule is O=C(NCc1cc([N+](=O)[O-])cc2c1OCOC2)c1ccccc1Br. The van der Waals surface area contributed by atoms with Crippen molar-refractivity contribution in [3.63, 3.8) is 0 Å². The maximum atomic E-state index is 12.3. The van der Waals surface area contributed by atoms with Gasteiger partial charge in [-0.3, -0.25) is 14.9 Å². The Hall–Kier alpha value is -2.45. The summed E-state index contributed by atoms with van der Waals surface area (Å²) in [7, 11) is 0. The molecule has 8 heteroatoms. The Morgan fingerprint density at radius 2 is 2.12 bits per heavy atom. The first-order valence-corrected chi connectivity index (χ1v) is 7.89. The number of ether oxygens (including phenoxy) is 2. The van der Waals surface area contributed by atoms with Gasteiger partial charge in [0.15, 0.2) is 6.79 Å². The van der Waals surface area contributed by atoms with E-state index in [0.29, 0.717) is 26.9 Å². The molecular weight excluding hydrogens is 380 g/mol. The Morgan fingerprint density at radius 1 is 1.33 bits per heavy atom. The molecule has 0 saturated carbocycles. The molecular formula is C16H13BrN2O5. The van der Waals surface area contributed by atoms with Gasteiger partial charge in [-0.1, -0.05) is 12.1 Å². The standard InChI is InChI=1S/C16H13BrN2O5/c17-14-4-2-1-3-13(14)16(20)18-7-10-5-12(19(21)22)6-11-8-23-9-24-15(10)11/h1-6H,7-9H2,(H,18,20). The second-order valence-corrected chi connectivity index (χ2v) is 5.98. The van der Waals surface area contributed by atoms with Gasteiger partial charge in [-0.2, -0.15) is 0 Å². The molecule has 1 amide bonds. The van der Waals surface area contributed by atoms with Crippen LogP contribution in [0, 0.1) is 10.1 Å². The summed E-state index contributed by atoms with van der Waals surface area (Å²) in [4.78, 5) is 22.9. The summed E-state index contributed by atoms with van der Waals surface area (Å²) >= 11 is 3.32. The number of carbonyl (C=O) groups is 1. The van der Waals surface area contributed by atoms with E-state index in [4.69, 9.17) is 9.47 Å². The van der Waals surface area contributed by atoms with E-state index in [1.807, 2.05) is 6.07 Å². The summed E-state index contributed by atoms with van der Waals surface area (Å²) < 4.78 is 11.3. The molecule has 2 aromatic rings. The molecule has 1 aliphatic rings. The largest absolute Gasteiger partial charge is 0.467 e. The first-order valence-electron chi connectivity index (χ1n) is 7.09. The Labute approximate surface area is 145 Å². The maximum absolute atomic E-state index is 12.3. The van der Waals surface area contributed by atoms with E-state index in [0.717, 1.165) is 0 Å². The Balaban J connectivity index is 1.84. The van der Waals surface area contributed by atoms with Crippen LogP contribution in [0.2, 0.25) is 0 Å². The molecule has 0 fully saturated rings. The molecule has 0 bridgehead atoms. The smallest absolute Gasteiger partial charge is 0.270 e. The summed E-state index contributed by atoms with van der Waals surface area (Å²) in [6.45, 7) is 0.433. The van der Waals surface area contributed by atoms with Crippen LogP contribution in [0.1, 0.15) is 21.5 Å². The normalized spacial score (nSPS) is 12.9. The number of benzene rings is 2. The molecule has 0 aromatic heterocycles. The van der Waals surface area contributed by atoms with Crippen molar-refractivity contribution in [3.8, 4) is 5.75 Å². The van der Waals surface area contributed by atoms with Crippen molar-refractivity contribution < 1.29 is 19.2 Å². The van der Waals surface area contributed by atoms with Gasteiger partial charge in [0.1, 0.15) is 5.75 Å². The van der Waals surface area contributed by atoms with Gasteiger partial charge in [-0.05, 0) is 28.1 Å². The fourth-order valence-corrected chi connectivity index (χ4v) is 2.90. The Morgan fingerprint density at radius 3 is 2.88 bits per heavy atom. The third kappa shape index (κ3) is 3.39. The zero-order valence-corrected chi connectivity index (χ0v) is 14.0. The predicted molar refractivity (Wildman–Crippen MR) is 88.7 cm³/mol. The van der Waals surface area contributed by atoms with E-state index in [9.17, 15) is 14.9 Å². The van der Waals surface area contributed by atoms with Gasteiger partial charge in [0.05, 0.1) is 17.1 Å². The molecule has 1 heterocycles. The van der Waals surface area contributed by atoms with E-state index in [2.05, 4.69) is 21.2 Å². The molecule has 0 radical (unpaired) electrons. The van der Waals surface area contributed by atoms with Gasteiger partial charge in [0.25, 0.3) is 11.6 Å². The van der Waals surface area contributed by atoms with Crippen molar-refractivity contribution >= 4 is 27.5 Å². The highest BCUT2D eigenvalue weighted by molar-refractivity contribution is 9.10. The minimum absolute atomic E-state index is 0.0620. The van der Waals surface area contributed by atoms with E-state index in [1.165, 1.54) is 12.1 Å². The molecule has 0 aliphatic carbocycles. The minimum atomic E-state index is -0.478. The molecule has 3 rings (SSSR count). The van der Waals surface area contributed by atoms with Crippen LogP contribution in [-0.4, -0.2) is 17.6 Å². The number of hydrogen-bond donors (Lipinski definition) is 1. The Kier molecular flexibility index (Phi) is 4.77. The third-order valence-electron chi connectivity index (χ3n) is 3.54. The van der Waals surface area contributed by atoms with Crippen LogP contribution in [0.4, 0.5) is 5.69 Å². The lowest BCUT2D eigenvalue weighted by Gasteiger charge is -2.20. The molecule has 7 nitrogen and oxygen atoms in total. The van der Waals surface area contributed by atoms with Crippen LogP contribution >= 0.6 is 15.9 Å². The number of hydrogen-bond acceptors (Lipinski definition) is 5.